The molecule has 3 amide bonds. The van der Waals surface area contributed by atoms with E-state index < -0.39 is 0 Å². The number of aryl methyl sites for hydroxylation is 2. The number of nitrogens with zero attached hydrogens (tertiary/aromatic N) is 2. The maximum atomic E-state index is 12.6. The molecule has 0 aliphatic heterocycles. The summed E-state index contributed by atoms with van der Waals surface area (Å²) in [5.41, 5.74) is 2.71. The van der Waals surface area contributed by atoms with Crippen LogP contribution >= 0.6 is 0 Å². The van der Waals surface area contributed by atoms with Gasteiger partial charge in [0.25, 0.3) is 0 Å². The van der Waals surface area contributed by atoms with Crippen molar-refractivity contribution in [3.8, 4) is 0 Å². The molecule has 7 nitrogen and oxygen atoms in total. The van der Waals surface area contributed by atoms with Crippen molar-refractivity contribution in [1.29, 1.82) is 0 Å². The zero-order valence-electron chi connectivity index (χ0n) is 14.3. The molecule has 0 aliphatic rings. The minimum atomic E-state index is -0.339. The third-order valence-corrected chi connectivity index (χ3v) is 3.62. The van der Waals surface area contributed by atoms with E-state index in [1.54, 1.807) is 0 Å². The number of rotatable bonds is 5. The predicted molar refractivity (Wildman–Crippen MR) is 91.9 cm³/mol. The number of para-hydroxylation sites is 1. The van der Waals surface area contributed by atoms with Crippen LogP contribution in [-0.2, 0) is 4.79 Å². The molecule has 2 N–H and O–H groups in total. The van der Waals surface area contributed by atoms with Crippen molar-refractivity contribution in [2.24, 2.45) is 0 Å². The van der Waals surface area contributed by atoms with E-state index in [0.717, 1.165) is 16.8 Å². The molecule has 0 unspecified atom stereocenters. The van der Waals surface area contributed by atoms with E-state index in [0.29, 0.717) is 5.82 Å². The topological polar surface area (TPSA) is 87.5 Å². The van der Waals surface area contributed by atoms with Gasteiger partial charge in [0, 0.05) is 17.8 Å². The minimum absolute atomic E-state index is 0.0821. The van der Waals surface area contributed by atoms with Crippen molar-refractivity contribution in [3.05, 3.63) is 41.7 Å². The molecule has 0 bridgehead atoms. The first-order valence-corrected chi connectivity index (χ1v) is 7.72. The van der Waals surface area contributed by atoms with Crippen molar-refractivity contribution in [1.82, 2.24) is 10.1 Å². The lowest BCUT2D eigenvalue weighted by Gasteiger charge is -2.27. The van der Waals surface area contributed by atoms with Gasteiger partial charge in [0.15, 0.2) is 5.82 Å². The van der Waals surface area contributed by atoms with Crippen molar-refractivity contribution in [3.63, 3.8) is 0 Å². The summed E-state index contributed by atoms with van der Waals surface area (Å²) in [7, 11) is 0. The molecule has 0 spiro atoms. The first-order chi connectivity index (χ1) is 11.4. The zero-order chi connectivity index (χ0) is 17.7. The average molecular weight is 330 g/mol. The second kappa shape index (κ2) is 7.63. The van der Waals surface area contributed by atoms with Crippen LogP contribution in [0.2, 0.25) is 0 Å². The molecular weight excluding hydrogens is 308 g/mol. The average Bonchev–Trinajstić information content (AvgIpc) is 3.01. The van der Waals surface area contributed by atoms with Gasteiger partial charge >= 0.3 is 6.03 Å². The summed E-state index contributed by atoms with van der Waals surface area (Å²) in [4.78, 5) is 26.2. The van der Waals surface area contributed by atoms with Gasteiger partial charge in [-0.05, 0) is 38.8 Å². The lowest BCUT2D eigenvalue weighted by atomic mass is 10.1. The fourth-order valence-electron chi connectivity index (χ4n) is 2.29. The summed E-state index contributed by atoms with van der Waals surface area (Å²) in [5, 5.41) is 9.10. The van der Waals surface area contributed by atoms with Crippen LogP contribution in [0.1, 0.15) is 25.0 Å². The van der Waals surface area contributed by atoms with Gasteiger partial charge in [0.1, 0.15) is 12.8 Å². The highest BCUT2D eigenvalue weighted by molar-refractivity contribution is 5.97. The van der Waals surface area contributed by atoms with Gasteiger partial charge in [-0.15, -0.1) is 0 Å². The van der Waals surface area contributed by atoms with Gasteiger partial charge < -0.3 is 20.1 Å². The number of aromatic nitrogens is 1. The minimum Gasteiger partial charge on any atom is -0.363 e. The second-order valence-corrected chi connectivity index (χ2v) is 5.85. The quantitative estimate of drug-likeness (QED) is 0.881. The van der Waals surface area contributed by atoms with Crippen molar-refractivity contribution in [2.75, 3.05) is 17.2 Å². The van der Waals surface area contributed by atoms with Crippen LogP contribution in [0, 0.1) is 13.8 Å². The van der Waals surface area contributed by atoms with Gasteiger partial charge in [-0.2, -0.15) is 0 Å². The molecule has 7 heteroatoms. The first kappa shape index (κ1) is 17.5. The standard InChI is InChI=1S/C17H22N4O3/c1-11(2)21(10-15(22)18-14-8-9-24-20-14)17(23)19-16-12(3)6-5-7-13(16)4/h5-9,11H,10H2,1-4H3,(H,19,23)(H,18,20,22). The normalized spacial score (nSPS) is 10.5. The Morgan fingerprint density at radius 2 is 1.83 bits per heavy atom. The molecule has 2 aromatic rings. The van der Waals surface area contributed by atoms with Gasteiger partial charge in [-0.25, -0.2) is 4.79 Å². The van der Waals surface area contributed by atoms with E-state index in [1.165, 1.54) is 17.2 Å². The number of urea groups is 1. The molecule has 128 valence electrons. The van der Waals surface area contributed by atoms with Crippen LogP contribution in [0.3, 0.4) is 0 Å². The number of hydrogen-bond donors (Lipinski definition) is 2. The van der Waals surface area contributed by atoms with Crippen LogP contribution in [0.15, 0.2) is 35.1 Å². The molecule has 0 saturated heterocycles. The Morgan fingerprint density at radius 1 is 1.17 bits per heavy atom. The summed E-state index contributed by atoms with van der Waals surface area (Å²) >= 11 is 0. The van der Waals surface area contributed by atoms with E-state index in [4.69, 9.17) is 0 Å². The van der Waals surface area contributed by atoms with Crippen molar-refractivity contribution < 1.29 is 14.1 Å². The number of anilines is 2. The van der Waals surface area contributed by atoms with E-state index >= 15 is 0 Å². The van der Waals surface area contributed by atoms with Gasteiger partial charge in [0.2, 0.25) is 5.91 Å². The number of nitrogens with one attached hydrogen (secondary N) is 2. The molecule has 1 heterocycles. The number of amides is 3. The van der Waals surface area contributed by atoms with E-state index in [9.17, 15) is 9.59 Å². The molecule has 0 saturated carbocycles. The molecule has 1 aromatic heterocycles. The summed E-state index contributed by atoms with van der Waals surface area (Å²) in [6.07, 6.45) is 1.36. The highest BCUT2D eigenvalue weighted by Crippen LogP contribution is 2.20. The molecule has 24 heavy (non-hydrogen) atoms. The highest BCUT2D eigenvalue weighted by Gasteiger charge is 2.21. The smallest absolute Gasteiger partial charge is 0.322 e. The summed E-state index contributed by atoms with van der Waals surface area (Å²) in [6.45, 7) is 7.49. The van der Waals surface area contributed by atoms with E-state index in [1.807, 2.05) is 45.9 Å². The third-order valence-electron chi connectivity index (χ3n) is 3.62. The van der Waals surface area contributed by atoms with E-state index in [2.05, 4.69) is 20.3 Å². The molecule has 0 atom stereocenters. The SMILES string of the molecule is Cc1cccc(C)c1NC(=O)N(CC(=O)Nc1ccon1)C(C)C. The maximum absolute atomic E-state index is 12.6. The molecule has 0 fully saturated rings. The zero-order valence-corrected chi connectivity index (χ0v) is 14.3. The van der Waals surface area contributed by atoms with Crippen molar-refractivity contribution in [2.45, 2.75) is 33.7 Å². The molecule has 2 rings (SSSR count). The maximum Gasteiger partial charge on any atom is 0.322 e. The van der Waals surface area contributed by atoms with Crippen LogP contribution in [0.4, 0.5) is 16.3 Å². The molecule has 0 aliphatic carbocycles. The first-order valence-electron chi connectivity index (χ1n) is 7.72. The van der Waals surface area contributed by atoms with Crippen LogP contribution < -0.4 is 10.6 Å². The molecular formula is C17H22N4O3. The summed E-state index contributed by atoms with van der Waals surface area (Å²) in [5.74, 6) is -0.0203. The molecule has 0 radical (unpaired) electrons. The number of carbonyl (C=O) groups excluding carboxylic acids is 2. The van der Waals surface area contributed by atoms with E-state index in [-0.39, 0.29) is 24.5 Å². The highest BCUT2D eigenvalue weighted by atomic mass is 16.5. The Balaban J connectivity index is 2.06. The van der Waals surface area contributed by atoms with Gasteiger partial charge in [-0.1, -0.05) is 23.4 Å². The number of benzene rings is 1. The van der Waals surface area contributed by atoms with Crippen molar-refractivity contribution >= 4 is 23.4 Å². The molecule has 1 aromatic carbocycles. The third kappa shape index (κ3) is 4.34. The van der Waals surface area contributed by atoms with Crippen LogP contribution in [0.5, 0.6) is 0 Å². The Labute approximate surface area is 141 Å². The number of hydrogen-bond acceptors (Lipinski definition) is 4. The number of carbonyl (C=O) groups is 2. The lowest BCUT2D eigenvalue weighted by molar-refractivity contribution is -0.117. The fourth-order valence-corrected chi connectivity index (χ4v) is 2.29. The largest absolute Gasteiger partial charge is 0.363 e. The Hall–Kier alpha value is -2.83. The Kier molecular flexibility index (Phi) is 5.57. The van der Waals surface area contributed by atoms with Gasteiger partial charge in [-0.3, -0.25) is 4.79 Å². The lowest BCUT2D eigenvalue weighted by Crippen LogP contribution is -2.44. The van der Waals surface area contributed by atoms with Crippen LogP contribution in [0.25, 0.3) is 0 Å². The summed E-state index contributed by atoms with van der Waals surface area (Å²) < 4.78 is 4.66. The Morgan fingerprint density at radius 3 is 2.38 bits per heavy atom. The predicted octanol–water partition coefficient (Wildman–Crippen LogP) is 3.17. The Bertz CT molecular complexity index is 690. The monoisotopic (exact) mass is 330 g/mol. The second-order valence-electron chi connectivity index (χ2n) is 5.85. The summed E-state index contributed by atoms with van der Waals surface area (Å²) in [6, 6.07) is 6.87. The van der Waals surface area contributed by atoms with Gasteiger partial charge in [0.05, 0.1) is 0 Å². The fraction of sp³-hybridized carbons (Fsp3) is 0.353. The van der Waals surface area contributed by atoms with Crippen LogP contribution in [-0.4, -0.2) is 34.6 Å².